The minimum atomic E-state index is -3.46. The van der Waals surface area contributed by atoms with E-state index in [2.05, 4.69) is 5.32 Å². The van der Waals surface area contributed by atoms with Gasteiger partial charge in [0.2, 0.25) is 0 Å². The smallest absolute Gasteiger partial charge is 0.251 e. The number of carbonyl (C=O) groups excluding carboxylic acids is 1. The van der Waals surface area contributed by atoms with Crippen LogP contribution in [0.4, 0.5) is 8.78 Å². The van der Waals surface area contributed by atoms with Crippen LogP contribution in [0.5, 0.6) is 0 Å². The molecule has 0 radical (unpaired) electrons. The van der Waals surface area contributed by atoms with E-state index in [1.165, 1.54) is 12.1 Å². The molecule has 0 saturated carbocycles. The second-order valence-corrected chi connectivity index (χ2v) is 8.54. The predicted octanol–water partition coefficient (Wildman–Crippen LogP) is 3.91. The monoisotopic (exact) mass is 415 g/mol. The molecule has 0 aliphatic rings. The average Bonchev–Trinajstić information content (AvgIpc) is 2.68. The van der Waals surface area contributed by atoms with Crippen LogP contribution in [0.2, 0.25) is 0 Å². The Hall–Kier alpha value is -3.06. The van der Waals surface area contributed by atoms with Gasteiger partial charge in [-0.2, -0.15) is 0 Å². The summed E-state index contributed by atoms with van der Waals surface area (Å²) in [6, 6.07) is 17.7. The highest BCUT2D eigenvalue weighted by Crippen LogP contribution is 2.16. The molecule has 0 atom stereocenters. The Bertz CT molecular complexity index is 1080. The summed E-state index contributed by atoms with van der Waals surface area (Å²) in [5.74, 6) is -1.83. The number of rotatable bonds is 7. The van der Waals surface area contributed by atoms with Crippen molar-refractivity contribution in [1.82, 2.24) is 5.32 Å². The number of sulfone groups is 1. The van der Waals surface area contributed by atoms with Gasteiger partial charge in [-0.25, -0.2) is 17.2 Å². The molecule has 0 unspecified atom stereocenters. The molecule has 7 heteroatoms. The van der Waals surface area contributed by atoms with Crippen molar-refractivity contribution in [3.63, 3.8) is 0 Å². The van der Waals surface area contributed by atoms with E-state index in [9.17, 15) is 22.0 Å². The fraction of sp³-hybridized carbons (Fsp3) is 0.136. The van der Waals surface area contributed by atoms with Crippen LogP contribution >= 0.6 is 0 Å². The van der Waals surface area contributed by atoms with E-state index in [0.29, 0.717) is 16.7 Å². The first kappa shape index (κ1) is 20.7. The van der Waals surface area contributed by atoms with Crippen LogP contribution in [0.1, 0.15) is 21.5 Å². The molecule has 0 heterocycles. The third kappa shape index (κ3) is 5.71. The molecule has 0 aromatic heterocycles. The van der Waals surface area contributed by atoms with Gasteiger partial charge in [-0.05, 0) is 53.9 Å². The van der Waals surface area contributed by atoms with Gasteiger partial charge in [0, 0.05) is 18.2 Å². The number of halogens is 2. The Balaban J connectivity index is 1.57. The summed E-state index contributed by atoms with van der Waals surface area (Å²) in [7, 11) is -3.46. The first-order valence-corrected chi connectivity index (χ1v) is 10.6. The van der Waals surface area contributed by atoms with Crippen LogP contribution in [0.3, 0.4) is 0 Å². The molecule has 0 bridgehead atoms. The van der Waals surface area contributed by atoms with Gasteiger partial charge in [-0.1, -0.05) is 30.3 Å². The molecule has 1 N–H and O–H groups in total. The summed E-state index contributed by atoms with van der Waals surface area (Å²) in [5, 5.41) is 2.68. The second-order valence-electron chi connectivity index (χ2n) is 6.55. The van der Waals surface area contributed by atoms with Crippen LogP contribution in [-0.4, -0.2) is 20.9 Å². The number of carbonyl (C=O) groups is 1. The Labute approximate surface area is 168 Å². The van der Waals surface area contributed by atoms with Gasteiger partial charge in [0.05, 0.1) is 10.6 Å². The van der Waals surface area contributed by atoms with Crippen molar-refractivity contribution in [2.75, 3.05) is 6.54 Å². The summed E-state index contributed by atoms with van der Waals surface area (Å²) < 4.78 is 51.2. The lowest BCUT2D eigenvalue weighted by atomic mass is 10.1. The highest BCUT2D eigenvalue weighted by Gasteiger charge is 2.15. The zero-order chi connectivity index (χ0) is 20.9. The fourth-order valence-corrected chi connectivity index (χ4v) is 4.23. The number of amides is 1. The average molecular weight is 415 g/mol. The van der Waals surface area contributed by atoms with Crippen molar-refractivity contribution in [3.05, 3.63) is 101 Å². The van der Waals surface area contributed by atoms with Gasteiger partial charge in [0.1, 0.15) is 11.6 Å². The maximum absolute atomic E-state index is 13.2. The Morgan fingerprint density at radius 2 is 1.45 bits per heavy atom. The van der Waals surface area contributed by atoms with Crippen LogP contribution in [-0.2, 0) is 22.0 Å². The lowest BCUT2D eigenvalue weighted by molar-refractivity contribution is 0.0954. The molecule has 1 amide bonds. The Kier molecular flexibility index (Phi) is 6.39. The number of benzene rings is 3. The van der Waals surface area contributed by atoms with E-state index in [1.807, 2.05) is 0 Å². The standard InChI is InChI=1S/C22H19F2NO3S/c23-19-12-17(13-20(24)14-19)10-11-25-22(26)18-8-6-16(7-9-18)15-29(27,28)21-4-2-1-3-5-21/h1-9,12-14H,10-11,15H2,(H,25,26). The predicted molar refractivity (Wildman–Crippen MR) is 106 cm³/mol. The third-order valence-electron chi connectivity index (χ3n) is 4.30. The van der Waals surface area contributed by atoms with Crippen molar-refractivity contribution >= 4 is 15.7 Å². The summed E-state index contributed by atoms with van der Waals surface area (Å²) >= 11 is 0. The van der Waals surface area contributed by atoms with Gasteiger partial charge in [0.15, 0.2) is 9.84 Å². The maximum atomic E-state index is 13.2. The van der Waals surface area contributed by atoms with Crippen molar-refractivity contribution in [3.8, 4) is 0 Å². The first-order valence-electron chi connectivity index (χ1n) is 8.93. The van der Waals surface area contributed by atoms with Crippen molar-refractivity contribution in [1.29, 1.82) is 0 Å². The van der Waals surface area contributed by atoms with Gasteiger partial charge >= 0.3 is 0 Å². The molecule has 0 spiro atoms. The zero-order valence-corrected chi connectivity index (χ0v) is 16.3. The van der Waals surface area contributed by atoms with E-state index >= 15 is 0 Å². The Morgan fingerprint density at radius 3 is 2.07 bits per heavy atom. The molecule has 0 aliphatic heterocycles. The van der Waals surface area contributed by atoms with Crippen molar-refractivity contribution < 1.29 is 22.0 Å². The van der Waals surface area contributed by atoms with Crippen LogP contribution in [0.15, 0.2) is 77.7 Å². The molecular weight excluding hydrogens is 396 g/mol. The molecule has 0 aliphatic carbocycles. The molecule has 3 rings (SSSR count). The van der Waals surface area contributed by atoms with E-state index in [1.54, 1.807) is 54.6 Å². The van der Waals surface area contributed by atoms with Gasteiger partial charge in [-0.3, -0.25) is 4.79 Å². The lowest BCUT2D eigenvalue weighted by Crippen LogP contribution is -2.25. The van der Waals surface area contributed by atoms with Crippen molar-refractivity contribution in [2.24, 2.45) is 0 Å². The zero-order valence-electron chi connectivity index (χ0n) is 15.4. The summed E-state index contributed by atoms with van der Waals surface area (Å²) in [4.78, 5) is 12.5. The third-order valence-corrected chi connectivity index (χ3v) is 6.00. The first-order chi connectivity index (χ1) is 13.8. The van der Waals surface area contributed by atoms with Gasteiger partial charge < -0.3 is 5.32 Å². The van der Waals surface area contributed by atoms with E-state index in [-0.39, 0.29) is 29.5 Å². The fourth-order valence-electron chi connectivity index (χ4n) is 2.86. The SMILES string of the molecule is O=C(NCCc1cc(F)cc(F)c1)c1ccc(CS(=O)(=O)c2ccccc2)cc1. The maximum Gasteiger partial charge on any atom is 0.251 e. The van der Waals surface area contributed by atoms with Crippen LogP contribution in [0.25, 0.3) is 0 Å². The van der Waals surface area contributed by atoms with Crippen LogP contribution < -0.4 is 5.32 Å². The summed E-state index contributed by atoms with van der Waals surface area (Å²) in [6.07, 6.45) is 0.286. The van der Waals surface area contributed by atoms with E-state index in [0.717, 1.165) is 6.07 Å². The normalized spacial score (nSPS) is 11.2. The van der Waals surface area contributed by atoms with E-state index < -0.39 is 21.5 Å². The Morgan fingerprint density at radius 1 is 0.828 bits per heavy atom. The second kappa shape index (κ2) is 8.96. The quantitative estimate of drug-likeness (QED) is 0.636. The molecular formula is C22H19F2NO3S. The summed E-state index contributed by atoms with van der Waals surface area (Å²) in [6.45, 7) is 0.214. The van der Waals surface area contributed by atoms with Gasteiger partial charge in [-0.15, -0.1) is 0 Å². The minimum Gasteiger partial charge on any atom is -0.352 e. The largest absolute Gasteiger partial charge is 0.352 e. The minimum absolute atomic E-state index is 0.163. The molecule has 0 saturated heterocycles. The highest BCUT2D eigenvalue weighted by molar-refractivity contribution is 7.90. The number of hydrogen-bond acceptors (Lipinski definition) is 3. The molecule has 150 valence electrons. The number of hydrogen-bond donors (Lipinski definition) is 1. The molecule has 0 fully saturated rings. The highest BCUT2D eigenvalue weighted by atomic mass is 32.2. The molecule has 4 nitrogen and oxygen atoms in total. The van der Waals surface area contributed by atoms with Crippen molar-refractivity contribution in [2.45, 2.75) is 17.1 Å². The van der Waals surface area contributed by atoms with E-state index in [4.69, 9.17) is 0 Å². The van der Waals surface area contributed by atoms with Crippen LogP contribution in [0, 0.1) is 11.6 Å². The van der Waals surface area contributed by atoms with Gasteiger partial charge in [0.25, 0.3) is 5.91 Å². The molecule has 3 aromatic rings. The summed E-state index contributed by atoms with van der Waals surface area (Å²) in [5.41, 5.74) is 1.39. The molecule has 29 heavy (non-hydrogen) atoms. The topological polar surface area (TPSA) is 63.2 Å². The molecule has 3 aromatic carbocycles. The lowest BCUT2D eigenvalue weighted by Gasteiger charge is -2.08. The number of nitrogens with one attached hydrogen (secondary N) is 1.